The Morgan fingerprint density at radius 2 is 2.06 bits per heavy atom. The molecular weight excluding hydrogens is 282 g/mol. The van der Waals surface area contributed by atoms with Gasteiger partial charge >= 0.3 is 0 Å². The van der Waals surface area contributed by atoms with Crippen molar-refractivity contribution in [1.82, 2.24) is 4.98 Å². The van der Waals surface area contributed by atoms with Crippen molar-refractivity contribution in [2.45, 2.75) is 24.1 Å². The van der Waals surface area contributed by atoms with Gasteiger partial charge in [0.2, 0.25) is 0 Å². The van der Waals surface area contributed by atoms with Crippen LogP contribution < -0.4 is 0 Å². The summed E-state index contributed by atoms with van der Waals surface area (Å²) in [6, 6.07) is 10.6. The SMILES string of the molecule is BrC(CCCc1nccs1)c1ccccc1. The molecule has 1 unspecified atom stereocenters. The molecule has 0 radical (unpaired) electrons. The number of alkyl halides is 1. The van der Waals surface area contributed by atoms with Crippen molar-refractivity contribution >= 4 is 27.3 Å². The van der Waals surface area contributed by atoms with Crippen LogP contribution in [-0.4, -0.2) is 4.98 Å². The third-order valence-electron chi connectivity index (χ3n) is 2.49. The molecule has 84 valence electrons. The second-order valence-corrected chi connectivity index (χ2v) is 5.78. The van der Waals surface area contributed by atoms with Crippen LogP contribution in [0.3, 0.4) is 0 Å². The van der Waals surface area contributed by atoms with Gasteiger partial charge in [-0.3, -0.25) is 0 Å². The van der Waals surface area contributed by atoms with E-state index in [4.69, 9.17) is 0 Å². The minimum Gasteiger partial charge on any atom is -0.250 e. The van der Waals surface area contributed by atoms with E-state index >= 15 is 0 Å². The fourth-order valence-corrected chi connectivity index (χ4v) is 2.93. The van der Waals surface area contributed by atoms with Gasteiger partial charge in [0.05, 0.1) is 5.01 Å². The summed E-state index contributed by atoms with van der Waals surface area (Å²) in [6.07, 6.45) is 5.30. The van der Waals surface area contributed by atoms with E-state index in [1.165, 1.54) is 17.0 Å². The molecule has 0 bridgehead atoms. The predicted octanol–water partition coefficient (Wildman–Crippen LogP) is 4.60. The van der Waals surface area contributed by atoms with Crippen LogP contribution >= 0.6 is 27.3 Å². The van der Waals surface area contributed by atoms with Gasteiger partial charge in [-0.2, -0.15) is 0 Å². The first-order chi connectivity index (χ1) is 7.86. The number of aryl methyl sites for hydroxylation is 1. The summed E-state index contributed by atoms with van der Waals surface area (Å²) >= 11 is 5.48. The van der Waals surface area contributed by atoms with Gasteiger partial charge in [-0.1, -0.05) is 46.3 Å². The van der Waals surface area contributed by atoms with Crippen molar-refractivity contribution < 1.29 is 0 Å². The zero-order chi connectivity index (χ0) is 11.2. The van der Waals surface area contributed by atoms with Gasteiger partial charge in [-0.25, -0.2) is 4.98 Å². The minimum atomic E-state index is 0.466. The molecule has 1 atom stereocenters. The van der Waals surface area contributed by atoms with Crippen molar-refractivity contribution in [3.05, 3.63) is 52.5 Å². The summed E-state index contributed by atoms with van der Waals surface area (Å²) < 4.78 is 0. The Morgan fingerprint density at radius 1 is 1.25 bits per heavy atom. The van der Waals surface area contributed by atoms with Crippen molar-refractivity contribution in [1.29, 1.82) is 0 Å². The lowest BCUT2D eigenvalue weighted by Gasteiger charge is -2.08. The van der Waals surface area contributed by atoms with Gasteiger partial charge < -0.3 is 0 Å². The van der Waals surface area contributed by atoms with Crippen LogP contribution in [0.2, 0.25) is 0 Å². The third-order valence-corrected chi connectivity index (χ3v) is 4.32. The second kappa shape index (κ2) is 6.16. The molecule has 1 aromatic carbocycles. The van der Waals surface area contributed by atoms with E-state index < -0.39 is 0 Å². The van der Waals surface area contributed by atoms with E-state index in [9.17, 15) is 0 Å². The number of nitrogens with zero attached hydrogens (tertiary/aromatic N) is 1. The van der Waals surface area contributed by atoms with Gasteiger partial charge in [0.15, 0.2) is 0 Å². The van der Waals surface area contributed by atoms with Crippen molar-refractivity contribution in [2.75, 3.05) is 0 Å². The molecule has 0 N–H and O–H groups in total. The molecule has 0 saturated heterocycles. The minimum absolute atomic E-state index is 0.466. The fourth-order valence-electron chi connectivity index (χ4n) is 1.64. The fraction of sp³-hybridized carbons (Fsp3) is 0.308. The summed E-state index contributed by atoms with van der Waals surface area (Å²) in [5.41, 5.74) is 1.36. The molecule has 3 heteroatoms. The Balaban J connectivity index is 1.78. The highest BCUT2D eigenvalue weighted by molar-refractivity contribution is 9.09. The van der Waals surface area contributed by atoms with E-state index in [0.29, 0.717) is 4.83 Å². The highest BCUT2D eigenvalue weighted by Gasteiger charge is 2.06. The molecule has 1 heterocycles. The number of halogens is 1. The summed E-state index contributed by atoms with van der Waals surface area (Å²) in [4.78, 5) is 4.76. The number of hydrogen-bond donors (Lipinski definition) is 0. The number of thiazole rings is 1. The largest absolute Gasteiger partial charge is 0.250 e. The van der Waals surface area contributed by atoms with Gasteiger partial charge in [0, 0.05) is 16.4 Å². The summed E-state index contributed by atoms with van der Waals surface area (Å²) in [6.45, 7) is 0. The van der Waals surface area contributed by atoms with E-state index in [1.54, 1.807) is 11.3 Å². The van der Waals surface area contributed by atoms with E-state index in [1.807, 2.05) is 11.6 Å². The number of benzene rings is 1. The molecule has 0 amide bonds. The molecule has 0 saturated carbocycles. The summed E-state index contributed by atoms with van der Waals surface area (Å²) in [5, 5.41) is 3.28. The predicted molar refractivity (Wildman–Crippen MR) is 73.2 cm³/mol. The van der Waals surface area contributed by atoms with Crippen LogP contribution in [0.1, 0.15) is 28.2 Å². The monoisotopic (exact) mass is 295 g/mol. The van der Waals surface area contributed by atoms with Crippen LogP contribution in [0.4, 0.5) is 0 Å². The average Bonchev–Trinajstić information content (AvgIpc) is 2.83. The van der Waals surface area contributed by atoms with Crippen molar-refractivity contribution in [2.24, 2.45) is 0 Å². The first-order valence-corrected chi connectivity index (χ1v) is 7.23. The maximum atomic E-state index is 4.29. The topological polar surface area (TPSA) is 12.9 Å². The maximum absolute atomic E-state index is 4.29. The van der Waals surface area contributed by atoms with Crippen LogP contribution in [0.15, 0.2) is 41.9 Å². The van der Waals surface area contributed by atoms with Gasteiger partial charge in [0.25, 0.3) is 0 Å². The molecule has 0 fully saturated rings. The standard InChI is InChI=1S/C13H14BrNS/c14-12(11-5-2-1-3-6-11)7-4-8-13-15-9-10-16-13/h1-3,5-6,9-10,12H,4,7-8H2. The lowest BCUT2D eigenvalue weighted by atomic mass is 10.1. The number of rotatable bonds is 5. The van der Waals surface area contributed by atoms with E-state index in [-0.39, 0.29) is 0 Å². The summed E-state index contributed by atoms with van der Waals surface area (Å²) in [5.74, 6) is 0. The maximum Gasteiger partial charge on any atom is 0.0924 e. The Morgan fingerprint density at radius 3 is 2.75 bits per heavy atom. The van der Waals surface area contributed by atoms with Gasteiger partial charge in [-0.15, -0.1) is 11.3 Å². The molecule has 2 rings (SSSR count). The Bertz CT molecular complexity index is 399. The highest BCUT2D eigenvalue weighted by Crippen LogP contribution is 2.28. The number of aromatic nitrogens is 1. The number of hydrogen-bond acceptors (Lipinski definition) is 2. The molecule has 16 heavy (non-hydrogen) atoms. The van der Waals surface area contributed by atoms with Crippen molar-refractivity contribution in [3.8, 4) is 0 Å². The van der Waals surface area contributed by atoms with E-state index in [2.05, 4.69) is 51.2 Å². The Kier molecular flexibility index (Phi) is 4.55. The lowest BCUT2D eigenvalue weighted by molar-refractivity contribution is 0.727. The highest BCUT2D eigenvalue weighted by atomic mass is 79.9. The van der Waals surface area contributed by atoms with Crippen molar-refractivity contribution in [3.63, 3.8) is 0 Å². The smallest absolute Gasteiger partial charge is 0.0924 e. The Hall–Kier alpha value is -0.670. The van der Waals surface area contributed by atoms with Crippen LogP contribution in [0.5, 0.6) is 0 Å². The van der Waals surface area contributed by atoms with E-state index in [0.717, 1.165) is 12.8 Å². The Labute approximate surface area is 109 Å². The van der Waals surface area contributed by atoms with Gasteiger partial charge in [0.1, 0.15) is 0 Å². The van der Waals surface area contributed by atoms with Crippen LogP contribution in [-0.2, 0) is 6.42 Å². The quantitative estimate of drug-likeness (QED) is 0.735. The molecule has 1 nitrogen and oxygen atoms in total. The zero-order valence-electron chi connectivity index (χ0n) is 8.97. The molecule has 0 aliphatic heterocycles. The second-order valence-electron chi connectivity index (χ2n) is 3.70. The first-order valence-electron chi connectivity index (χ1n) is 5.43. The van der Waals surface area contributed by atoms with Crippen LogP contribution in [0, 0.1) is 0 Å². The molecule has 2 aromatic rings. The molecule has 0 aliphatic carbocycles. The average molecular weight is 296 g/mol. The third kappa shape index (κ3) is 3.42. The zero-order valence-corrected chi connectivity index (χ0v) is 11.4. The molecule has 0 spiro atoms. The van der Waals surface area contributed by atoms with Gasteiger partial charge in [-0.05, 0) is 24.8 Å². The molecule has 0 aliphatic rings. The normalized spacial score (nSPS) is 12.6. The first kappa shape index (κ1) is 11.8. The lowest BCUT2D eigenvalue weighted by Crippen LogP contribution is -1.91. The van der Waals surface area contributed by atoms with Crippen LogP contribution in [0.25, 0.3) is 0 Å². The molecule has 1 aromatic heterocycles. The summed E-state index contributed by atoms with van der Waals surface area (Å²) in [7, 11) is 0. The molecular formula is C13H14BrNS.